The van der Waals surface area contributed by atoms with Gasteiger partial charge in [0.05, 0.1) is 17.7 Å². The van der Waals surface area contributed by atoms with Gasteiger partial charge in [-0.3, -0.25) is 4.79 Å². The average molecular weight is 397 g/mol. The highest BCUT2D eigenvalue weighted by Crippen LogP contribution is 2.27. The maximum Gasteiger partial charge on any atom is 0.349 e. The lowest BCUT2D eigenvalue weighted by molar-refractivity contribution is 0.0796. The first-order chi connectivity index (χ1) is 14.0. The van der Waals surface area contributed by atoms with E-state index in [0.717, 1.165) is 12.8 Å². The molecule has 1 fully saturated rings. The molecular formula is C21H20FN3O4. The molecule has 8 heteroatoms. The monoisotopic (exact) mass is 397 g/mol. The van der Waals surface area contributed by atoms with Crippen LogP contribution >= 0.6 is 0 Å². The second-order valence-corrected chi connectivity index (χ2v) is 6.97. The van der Waals surface area contributed by atoms with Crippen molar-refractivity contribution in [3.63, 3.8) is 0 Å². The fourth-order valence-corrected chi connectivity index (χ4v) is 3.51. The normalized spacial score (nSPS) is 14.7. The molecule has 29 heavy (non-hydrogen) atoms. The molecule has 0 atom stereocenters. The van der Waals surface area contributed by atoms with Crippen LogP contribution in [0.4, 0.5) is 10.1 Å². The number of halogens is 1. The third kappa shape index (κ3) is 3.97. The van der Waals surface area contributed by atoms with Crippen LogP contribution in [0.15, 0.2) is 52.2 Å². The van der Waals surface area contributed by atoms with Gasteiger partial charge in [0.2, 0.25) is 0 Å². The Morgan fingerprint density at radius 1 is 1.28 bits per heavy atom. The zero-order chi connectivity index (χ0) is 20.4. The first-order valence-corrected chi connectivity index (χ1v) is 9.34. The molecule has 0 aliphatic carbocycles. The van der Waals surface area contributed by atoms with Gasteiger partial charge in [-0.1, -0.05) is 0 Å². The van der Waals surface area contributed by atoms with E-state index in [4.69, 9.17) is 9.15 Å². The van der Waals surface area contributed by atoms with E-state index >= 15 is 0 Å². The van der Waals surface area contributed by atoms with Crippen LogP contribution in [0.1, 0.15) is 40.4 Å². The molecular weight excluding hydrogens is 377 g/mol. The lowest BCUT2D eigenvalue weighted by Crippen LogP contribution is -2.25. The predicted molar refractivity (Wildman–Crippen MR) is 104 cm³/mol. The first-order valence-electron chi connectivity index (χ1n) is 9.34. The van der Waals surface area contributed by atoms with E-state index in [-0.39, 0.29) is 17.2 Å². The fourth-order valence-electron chi connectivity index (χ4n) is 3.51. The summed E-state index contributed by atoms with van der Waals surface area (Å²) in [5.41, 5.74) is 0.463. The summed E-state index contributed by atoms with van der Waals surface area (Å²) in [7, 11) is 0. The minimum atomic E-state index is -0.704. The summed E-state index contributed by atoms with van der Waals surface area (Å²) in [5, 5.41) is 2.63. The fraction of sp³-hybridized carbons (Fsp3) is 0.286. The topological polar surface area (TPSA) is 86.4 Å². The molecule has 4 rings (SSSR count). The number of imidazole rings is 1. The van der Waals surface area contributed by atoms with Gasteiger partial charge in [-0.2, -0.15) is 0 Å². The van der Waals surface area contributed by atoms with Crippen LogP contribution in [0.25, 0.3) is 5.69 Å². The Morgan fingerprint density at radius 3 is 2.76 bits per heavy atom. The Bertz CT molecular complexity index is 1090. The molecule has 1 aromatic carbocycles. The molecule has 1 N–H and O–H groups in total. The van der Waals surface area contributed by atoms with E-state index in [1.807, 2.05) is 0 Å². The summed E-state index contributed by atoms with van der Waals surface area (Å²) in [5.74, 6) is -0.495. The van der Waals surface area contributed by atoms with Crippen molar-refractivity contribution in [3.8, 4) is 5.69 Å². The molecule has 3 aromatic rings. The number of aromatic nitrogens is 2. The third-order valence-corrected chi connectivity index (χ3v) is 5.01. The molecule has 7 nitrogen and oxygen atoms in total. The van der Waals surface area contributed by atoms with E-state index in [1.165, 1.54) is 24.5 Å². The van der Waals surface area contributed by atoms with Gasteiger partial charge in [0.25, 0.3) is 5.91 Å². The Labute approximate surface area is 166 Å². The summed E-state index contributed by atoms with van der Waals surface area (Å²) in [6.07, 6.45) is 6.32. The highest BCUT2D eigenvalue weighted by molar-refractivity contribution is 6.05. The Morgan fingerprint density at radius 2 is 2.07 bits per heavy atom. The molecule has 1 amide bonds. The number of ether oxygens (including phenoxy) is 1. The van der Waals surface area contributed by atoms with Crippen LogP contribution in [-0.4, -0.2) is 28.7 Å². The van der Waals surface area contributed by atoms with Gasteiger partial charge < -0.3 is 19.0 Å². The van der Waals surface area contributed by atoms with Crippen LogP contribution in [0.3, 0.4) is 0 Å². The van der Waals surface area contributed by atoms with Crippen molar-refractivity contribution in [2.75, 3.05) is 18.5 Å². The van der Waals surface area contributed by atoms with E-state index in [9.17, 15) is 14.0 Å². The van der Waals surface area contributed by atoms with Crippen molar-refractivity contribution in [2.24, 2.45) is 0 Å². The molecule has 1 aliphatic heterocycles. The summed E-state index contributed by atoms with van der Waals surface area (Å²) < 4.78 is 26.2. The zero-order valence-electron chi connectivity index (χ0n) is 15.9. The summed E-state index contributed by atoms with van der Waals surface area (Å²) >= 11 is 0. The zero-order valence-corrected chi connectivity index (χ0v) is 15.9. The van der Waals surface area contributed by atoms with Crippen molar-refractivity contribution in [3.05, 3.63) is 76.1 Å². The number of hydrogen-bond acceptors (Lipinski definition) is 5. The first kappa shape index (κ1) is 19.1. The van der Waals surface area contributed by atoms with Crippen LogP contribution in [0.5, 0.6) is 0 Å². The maximum atomic E-state index is 13.8. The number of anilines is 1. The van der Waals surface area contributed by atoms with Crippen molar-refractivity contribution in [1.29, 1.82) is 0 Å². The number of nitrogens with zero attached hydrogens (tertiary/aromatic N) is 2. The average Bonchev–Trinajstić information content (AvgIpc) is 3.23. The number of hydrogen-bond donors (Lipinski definition) is 1. The van der Waals surface area contributed by atoms with E-state index < -0.39 is 17.3 Å². The van der Waals surface area contributed by atoms with E-state index in [1.54, 1.807) is 30.0 Å². The van der Waals surface area contributed by atoms with Crippen molar-refractivity contribution in [2.45, 2.75) is 25.7 Å². The quantitative estimate of drug-likeness (QED) is 0.729. The van der Waals surface area contributed by atoms with Crippen molar-refractivity contribution < 1.29 is 18.3 Å². The molecule has 0 bridgehead atoms. The second kappa shape index (κ2) is 8.00. The van der Waals surface area contributed by atoms with Crippen LogP contribution < -0.4 is 10.9 Å². The Kier molecular flexibility index (Phi) is 5.26. The molecule has 150 valence electrons. The van der Waals surface area contributed by atoms with Gasteiger partial charge in [-0.25, -0.2) is 14.2 Å². The van der Waals surface area contributed by atoms with Gasteiger partial charge in [0, 0.05) is 31.5 Å². The van der Waals surface area contributed by atoms with Crippen molar-refractivity contribution in [1.82, 2.24) is 9.55 Å². The minimum absolute atomic E-state index is 0.0957. The Hall–Kier alpha value is -3.26. The number of carbonyl (C=O) groups is 1. The molecule has 0 radical (unpaired) electrons. The second-order valence-electron chi connectivity index (χ2n) is 6.97. The third-order valence-electron chi connectivity index (χ3n) is 5.01. The van der Waals surface area contributed by atoms with E-state index in [0.29, 0.717) is 30.2 Å². The Balaban J connectivity index is 1.64. The lowest BCUT2D eigenvalue weighted by atomic mass is 9.95. The number of aryl methyl sites for hydroxylation is 1. The predicted octanol–water partition coefficient (Wildman–Crippen LogP) is 3.42. The summed E-state index contributed by atoms with van der Waals surface area (Å²) in [6.45, 7) is 2.93. The van der Waals surface area contributed by atoms with Crippen molar-refractivity contribution >= 4 is 11.6 Å². The highest BCUT2D eigenvalue weighted by Gasteiger charge is 2.23. The summed E-state index contributed by atoms with van der Waals surface area (Å²) in [6, 6.07) is 5.73. The molecule has 2 aromatic heterocycles. The number of amides is 1. The minimum Gasteiger partial charge on any atom is -0.427 e. The van der Waals surface area contributed by atoms with Gasteiger partial charge >= 0.3 is 5.63 Å². The largest absolute Gasteiger partial charge is 0.427 e. The number of rotatable bonds is 4. The molecule has 1 aliphatic rings. The highest BCUT2D eigenvalue weighted by atomic mass is 19.1. The lowest BCUT2D eigenvalue weighted by Gasteiger charge is -2.21. The van der Waals surface area contributed by atoms with E-state index in [2.05, 4.69) is 10.3 Å². The number of carbonyl (C=O) groups excluding carboxylic acids is 1. The maximum absolute atomic E-state index is 13.8. The van der Waals surface area contributed by atoms with Gasteiger partial charge in [-0.05, 0) is 49.6 Å². The number of nitrogens with one attached hydrogen (secondary N) is 1. The van der Waals surface area contributed by atoms with Gasteiger partial charge in [0.1, 0.15) is 17.1 Å². The SMILES string of the molecule is Cc1cc(C2CCOCC2)oc(=O)c1C(=O)Nc1cc(F)ccc1-n1ccnc1. The van der Waals surface area contributed by atoms with Gasteiger partial charge in [-0.15, -0.1) is 0 Å². The molecule has 3 heterocycles. The smallest absolute Gasteiger partial charge is 0.349 e. The molecule has 0 unspecified atom stereocenters. The number of benzene rings is 1. The van der Waals surface area contributed by atoms with Gasteiger partial charge in [0.15, 0.2) is 0 Å². The van der Waals surface area contributed by atoms with Crippen LogP contribution in [0, 0.1) is 12.7 Å². The van der Waals surface area contributed by atoms with Crippen LogP contribution in [-0.2, 0) is 4.74 Å². The molecule has 0 spiro atoms. The molecule has 1 saturated heterocycles. The standard InChI is InChI=1S/C21H20FN3O4/c1-13-10-18(14-4-8-28-9-5-14)29-21(27)19(13)20(26)24-16-11-15(22)2-3-17(16)25-7-6-23-12-25/h2-3,6-7,10-12,14H,4-5,8-9H2,1H3,(H,24,26). The molecule has 0 saturated carbocycles. The van der Waals surface area contributed by atoms with Crippen LogP contribution in [0.2, 0.25) is 0 Å². The summed E-state index contributed by atoms with van der Waals surface area (Å²) in [4.78, 5) is 29.4.